The van der Waals surface area contributed by atoms with E-state index in [0.717, 1.165) is 33.6 Å². The molecule has 0 bridgehead atoms. The fraction of sp³-hybridized carbons (Fsp3) is 0.333. The van der Waals surface area contributed by atoms with Gasteiger partial charge in [-0.3, -0.25) is 4.98 Å². The lowest BCUT2D eigenvalue weighted by molar-refractivity contribution is 0.269. The standard InChI is InChI=1S/C24H27ClN4OS/c1-14(2)28-23(22(27-24(28)31)19-8-6-7-11-26-19)18-12-15(3)29(16(18)4)20-13-17(25)9-10-21(20)30-5/h6-14,22-23H,1-5H3,(H,27,31)/t22-,23-/m1/s1. The highest BCUT2D eigenvalue weighted by molar-refractivity contribution is 7.80. The van der Waals surface area contributed by atoms with Gasteiger partial charge in [0.25, 0.3) is 0 Å². The van der Waals surface area contributed by atoms with E-state index in [1.54, 1.807) is 7.11 Å². The second-order valence-electron chi connectivity index (χ2n) is 8.11. The lowest BCUT2D eigenvalue weighted by Crippen LogP contribution is -2.35. The Morgan fingerprint density at radius 1 is 1.16 bits per heavy atom. The van der Waals surface area contributed by atoms with Crippen molar-refractivity contribution in [3.8, 4) is 11.4 Å². The van der Waals surface area contributed by atoms with Crippen LogP contribution in [-0.4, -0.2) is 32.7 Å². The van der Waals surface area contributed by atoms with Crippen molar-refractivity contribution in [1.82, 2.24) is 19.8 Å². The number of hydrogen-bond donors (Lipinski definition) is 1. The molecule has 3 aromatic rings. The molecule has 1 aromatic carbocycles. The van der Waals surface area contributed by atoms with Crippen molar-refractivity contribution in [1.29, 1.82) is 0 Å². The van der Waals surface area contributed by atoms with Gasteiger partial charge in [-0.2, -0.15) is 0 Å². The Morgan fingerprint density at radius 3 is 2.58 bits per heavy atom. The third-order valence-electron chi connectivity index (χ3n) is 5.86. The van der Waals surface area contributed by atoms with Gasteiger partial charge in [-0.1, -0.05) is 17.7 Å². The van der Waals surface area contributed by atoms with Crippen LogP contribution in [-0.2, 0) is 0 Å². The molecule has 1 aliphatic rings. The SMILES string of the molecule is COc1ccc(Cl)cc1-n1c(C)cc([C@@H]2[C@@H](c3ccccn3)NC(=S)N2C(C)C)c1C. The Kier molecular flexibility index (Phi) is 5.95. The zero-order chi connectivity index (χ0) is 22.3. The normalized spacial score (nSPS) is 18.5. The van der Waals surface area contributed by atoms with Crippen LogP contribution in [0.3, 0.4) is 0 Å². The summed E-state index contributed by atoms with van der Waals surface area (Å²) in [5.74, 6) is 0.778. The Bertz CT molecular complexity index is 1110. The van der Waals surface area contributed by atoms with Gasteiger partial charge in [0.15, 0.2) is 5.11 Å². The number of methoxy groups -OCH3 is 1. The average molecular weight is 455 g/mol. The summed E-state index contributed by atoms with van der Waals surface area (Å²) in [5.41, 5.74) is 5.34. The molecular weight excluding hydrogens is 428 g/mol. The molecule has 7 heteroatoms. The van der Waals surface area contributed by atoms with Gasteiger partial charge in [0.2, 0.25) is 0 Å². The summed E-state index contributed by atoms with van der Waals surface area (Å²) in [6.07, 6.45) is 1.83. The zero-order valence-electron chi connectivity index (χ0n) is 18.4. The number of pyridine rings is 1. The van der Waals surface area contributed by atoms with Gasteiger partial charge < -0.3 is 19.5 Å². The first-order chi connectivity index (χ1) is 14.8. The Balaban J connectivity index is 1.89. The maximum Gasteiger partial charge on any atom is 0.170 e. The van der Waals surface area contributed by atoms with E-state index in [4.69, 9.17) is 28.6 Å². The van der Waals surface area contributed by atoms with Gasteiger partial charge in [-0.15, -0.1) is 0 Å². The average Bonchev–Trinajstić information content (AvgIpc) is 3.24. The van der Waals surface area contributed by atoms with Gasteiger partial charge in [0.05, 0.1) is 30.6 Å². The first-order valence-corrected chi connectivity index (χ1v) is 11.1. The summed E-state index contributed by atoms with van der Waals surface area (Å²) in [7, 11) is 1.68. The highest BCUT2D eigenvalue weighted by atomic mass is 35.5. The van der Waals surface area contributed by atoms with Crippen molar-refractivity contribution in [2.45, 2.75) is 45.8 Å². The van der Waals surface area contributed by atoms with E-state index in [-0.39, 0.29) is 18.1 Å². The maximum absolute atomic E-state index is 6.34. The first-order valence-electron chi connectivity index (χ1n) is 10.4. The molecule has 3 heterocycles. The van der Waals surface area contributed by atoms with Crippen molar-refractivity contribution >= 4 is 28.9 Å². The third kappa shape index (κ3) is 3.79. The number of nitrogens with zero attached hydrogens (tertiary/aromatic N) is 3. The van der Waals surface area contributed by atoms with E-state index < -0.39 is 0 Å². The molecule has 1 fully saturated rings. The van der Waals surface area contributed by atoms with Crippen LogP contribution >= 0.6 is 23.8 Å². The molecule has 1 N–H and O–H groups in total. The maximum atomic E-state index is 6.34. The van der Waals surface area contributed by atoms with Gasteiger partial charge in [-0.25, -0.2) is 0 Å². The molecule has 4 rings (SSSR count). The molecule has 1 saturated heterocycles. The minimum absolute atomic E-state index is 0.0209. The van der Waals surface area contributed by atoms with Crippen molar-refractivity contribution in [2.75, 3.05) is 7.11 Å². The van der Waals surface area contributed by atoms with Gasteiger partial charge >= 0.3 is 0 Å². The van der Waals surface area contributed by atoms with Gasteiger partial charge in [-0.05, 0) is 81.9 Å². The minimum atomic E-state index is -0.0358. The molecule has 162 valence electrons. The number of ether oxygens (including phenoxy) is 1. The molecule has 2 aromatic heterocycles. The minimum Gasteiger partial charge on any atom is -0.495 e. The molecule has 0 radical (unpaired) electrons. The van der Waals surface area contributed by atoms with E-state index >= 15 is 0 Å². The van der Waals surface area contributed by atoms with Crippen molar-refractivity contribution in [3.05, 3.63) is 76.3 Å². The molecule has 1 aliphatic heterocycles. The Hall–Kier alpha value is -2.57. The van der Waals surface area contributed by atoms with Crippen LogP contribution in [0.1, 0.15) is 48.6 Å². The van der Waals surface area contributed by atoms with Crippen molar-refractivity contribution in [3.63, 3.8) is 0 Å². The van der Waals surface area contributed by atoms with Crippen molar-refractivity contribution in [2.24, 2.45) is 0 Å². The number of benzene rings is 1. The zero-order valence-corrected chi connectivity index (χ0v) is 20.0. The van der Waals surface area contributed by atoms with E-state index in [9.17, 15) is 0 Å². The number of rotatable bonds is 5. The number of hydrogen-bond acceptors (Lipinski definition) is 3. The first kappa shape index (κ1) is 21.7. The lowest BCUT2D eigenvalue weighted by atomic mass is 9.96. The summed E-state index contributed by atoms with van der Waals surface area (Å²) in [6.45, 7) is 8.58. The second kappa shape index (κ2) is 8.52. The topological polar surface area (TPSA) is 42.3 Å². The molecule has 31 heavy (non-hydrogen) atoms. The van der Waals surface area contributed by atoms with Crippen LogP contribution < -0.4 is 10.1 Å². The number of thiocarbonyl (C=S) groups is 1. The van der Waals surface area contributed by atoms with E-state index in [1.807, 2.05) is 36.5 Å². The number of aryl methyl sites for hydroxylation is 1. The highest BCUT2D eigenvalue weighted by Crippen LogP contribution is 2.43. The van der Waals surface area contributed by atoms with Crippen molar-refractivity contribution < 1.29 is 4.74 Å². The molecule has 0 spiro atoms. The molecular formula is C24H27ClN4OS. The predicted molar refractivity (Wildman–Crippen MR) is 129 cm³/mol. The van der Waals surface area contributed by atoms with Crippen LogP contribution in [0.15, 0.2) is 48.7 Å². The van der Waals surface area contributed by atoms with Crippen LogP contribution in [0.4, 0.5) is 0 Å². The summed E-state index contributed by atoms with van der Waals surface area (Å²) in [4.78, 5) is 6.90. The Morgan fingerprint density at radius 2 is 1.94 bits per heavy atom. The molecule has 2 atom stereocenters. The number of nitrogens with one attached hydrogen (secondary N) is 1. The van der Waals surface area contributed by atoms with E-state index in [2.05, 4.69) is 59.6 Å². The summed E-state index contributed by atoms with van der Waals surface area (Å²) >= 11 is 12.1. The monoisotopic (exact) mass is 454 g/mol. The van der Waals surface area contributed by atoms with Crippen LogP contribution in [0.2, 0.25) is 5.02 Å². The smallest absolute Gasteiger partial charge is 0.170 e. The highest BCUT2D eigenvalue weighted by Gasteiger charge is 2.42. The van der Waals surface area contributed by atoms with E-state index in [0.29, 0.717) is 5.02 Å². The molecule has 0 amide bonds. The van der Waals surface area contributed by atoms with Crippen LogP contribution in [0, 0.1) is 13.8 Å². The molecule has 0 unspecified atom stereocenters. The lowest BCUT2D eigenvalue weighted by Gasteiger charge is -2.31. The van der Waals surface area contributed by atoms with Crippen LogP contribution in [0.25, 0.3) is 5.69 Å². The summed E-state index contributed by atoms with van der Waals surface area (Å²) < 4.78 is 7.84. The van der Waals surface area contributed by atoms with E-state index in [1.165, 1.54) is 5.56 Å². The third-order valence-corrected chi connectivity index (χ3v) is 6.43. The summed E-state index contributed by atoms with van der Waals surface area (Å²) in [6, 6.07) is 14.2. The van der Waals surface area contributed by atoms with Gasteiger partial charge in [0, 0.05) is 28.6 Å². The fourth-order valence-electron chi connectivity index (χ4n) is 4.55. The molecule has 0 saturated carbocycles. The predicted octanol–water partition coefficient (Wildman–Crippen LogP) is 5.53. The largest absolute Gasteiger partial charge is 0.495 e. The summed E-state index contributed by atoms with van der Waals surface area (Å²) in [5, 5.41) is 4.94. The van der Waals surface area contributed by atoms with Gasteiger partial charge in [0.1, 0.15) is 5.75 Å². The molecule has 0 aliphatic carbocycles. The number of aromatic nitrogens is 2. The molecule has 5 nitrogen and oxygen atoms in total. The number of halogens is 1. The fourth-order valence-corrected chi connectivity index (χ4v) is 5.17. The Labute approximate surface area is 194 Å². The van der Waals surface area contributed by atoms with Crippen LogP contribution in [0.5, 0.6) is 5.75 Å². The second-order valence-corrected chi connectivity index (χ2v) is 8.93. The quantitative estimate of drug-likeness (QED) is 0.513.